The number of sulfone groups is 1. The van der Waals surface area contributed by atoms with Gasteiger partial charge in [-0.25, -0.2) is 8.42 Å². The molecule has 0 spiro atoms. The van der Waals surface area contributed by atoms with Gasteiger partial charge >= 0.3 is 5.97 Å². The fourth-order valence-electron chi connectivity index (χ4n) is 1.23. The Balaban J connectivity index is 2.73. The molecule has 0 radical (unpaired) electrons. The molecule has 17 heavy (non-hydrogen) atoms. The van der Waals surface area contributed by atoms with Gasteiger partial charge in [0.15, 0.2) is 9.84 Å². The van der Waals surface area contributed by atoms with Gasteiger partial charge in [0.05, 0.1) is 23.1 Å². The van der Waals surface area contributed by atoms with E-state index in [1.165, 1.54) is 13.1 Å². The number of carbonyl (C=O) groups is 1. The fourth-order valence-corrected chi connectivity index (χ4v) is 3.11. The summed E-state index contributed by atoms with van der Waals surface area (Å²) in [7, 11) is -3.45. The van der Waals surface area contributed by atoms with Crippen LogP contribution in [0, 0.1) is 5.92 Å². The highest BCUT2D eigenvalue weighted by molar-refractivity contribution is 9.10. The smallest absolute Gasteiger partial charge is 0.307 e. The average Bonchev–Trinajstić information content (AvgIpc) is 2.20. The Morgan fingerprint density at radius 1 is 1.53 bits per heavy atom. The van der Waals surface area contributed by atoms with Crippen LogP contribution in [-0.4, -0.2) is 30.2 Å². The largest absolute Gasteiger partial charge is 0.481 e. The van der Waals surface area contributed by atoms with Gasteiger partial charge in [0.2, 0.25) is 0 Å². The first kappa shape index (κ1) is 14.1. The molecule has 0 fully saturated rings. The molecule has 1 rings (SSSR count). The summed E-state index contributed by atoms with van der Waals surface area (Å²) in [5, 5.41) is 8.66. The molecule has 0 aliphatic rings. The molecular weight excluding hydrogens is 310 g/mol. The molecule has 0 aliphatic heterocycles. The fraction of sp³-hybridized carbons (Fsp3) is 0.400. The number of aliphatic carboxylic acids is 1. The molecule has 1 heterocycles. The zero-order valence-corrected chi connectivity index (χ0v) is 11.5. The van der Waals surface area contributed by atoms with Gasteiger partial charge in [0.25, 0.3) is 0 Å². The summed E-state index contributed by atoms with van der Waals surface area (Å²) < 4.78 is 24.1. The number of halogens is 1. The Hall–Kier alpha value is -0.950. The molecule has 0 saturated heterocycles. The summed E-state index contributed by atoms with van der Waals surface area (Å²) in [6.45, 7) is 1.37. The van der Waals surface area contributed by atoms with E-state index in [1.807, 2.05) is 0 Å². The van der Waals surface area contributed by atoms with Gasteiger partial charge in [-0.2, -0.15) is 0 Å². The van der Waals surface area contributed by atoms with Gasteiger partial charge in [-0.05, 0) is 28.1 Å². The van der Waals surface area contributed by atoms with Crippen LogP contribution in [-0.2, 0) is 20.4 Å². The zero-order chi connectivity index (χ0) is 13.1. The predicted molar refractivity (Wildman–Crippen MR) is 66.2 cm³/mol. The topological polar surface area (TPSA) is 84.3 Å². The van der Waals surface area contributed by atoms with Crippen molar-refractivity contribution in [1.29, 1.82) is 0 Å². The lowest BCUT2D eigenvalue weighted by Crippen LogP contribution is -2.22. The van der Waals surface area contributed by atoms with E-state index in [2.05, 4.69) is 20.9 Å². The number of rotatable bonds is 5. The Bertz CT molecular complexity index is 498. The molecule has 0 amide bonds. The van der Waals surface area contributed by atoms with Crippen molar-refractivity contribution in [3.8, 4) is 0 Å². The minimum Gasteiger partial charge on any atom is -0.481 e. The zero-order valence-electron chi connectivity index (χ0n) is 9.13. The number of carboxylic acids is 1. The van der Waals surface area contributed by atoms with Crippen molar-refractivity contribution in [2.75, 3.05) is 5.75 Å². The number of carboxylic acid groups (broad SMARTS) is 1. The molecule has 5 nitrogen and oxygen atoms in total. The minimum atomic E-state index is -3.45. The first-order chi connectivity index (χ1) is 7.80. The summed E-state index contributed by atoms with van der Waals surface area (Å²) in [4.78, 5) is 14.5. The van der Waals surface area contributed by atoms with Crippen molar-refractivity contribution in [3.63, 3.8) is 0 Å². The second-order valence-electron chi connectivity index (χ2n) is 3.76. The Morgan fingerprint density at radius 2 is 2.18 bits per heavy atom. The standard InChI is InChI=1S/C10H12BrNO4S/c1-7(10(13)14)5-17(15,16)6-9-3-2-8(11)4-12-9/h2-4,7H,5-6H2,1H3,(H,13,14). The molecule has 0 aromatic carbocycles. The van der Waals surface area contributed by atoms with Crippen LogP contribution < -0.4 is 0 Å². The van der Waals surface area contributed by atoms with Crippen molar-refractivity contribution in [2.24, 2.45) is 5.92 Å². The van der Waals surface area contributed by atoms with E-state index in [1.54, 1.807) is 12.1 Å². The number of hydrogen-bond acceptors (Lipinski definition) is 4. The van der Waals surface area contributed by atoms with Crippen LogP contribution in [0.5, 0.6) is 0 Å². The lowest BCUT2D eigenvalue weighted by atomic mass is 10.2. The number of nitrogens with zero attached hydrogens (tertiary/aromatic N) is 1. The van der Waals surface area contributed by atoms with Crippen molar-refractivity contribution in [1.82, 2.24) is 4.98 Å². The summed E-state index contributed by atoms with van der Waals surface area (Å²) >= 11 is 3.19. The predicted octanol–water partition coefficient (Wildman–Crippen LogP) is 1.48. The number of aromatic nitrogens is 1. The summed E-state index contributed by atoms with van der Waals surface area (Å²) in [5.41, 5.74) is 0.408. The van der Waals surface area contributed by atoms with Gasteiger partial charge in [-0.3, -0.25) is 9.78 Å². The first-order valence-corrected chi connectivity index (χ1v) is 7.45. The van der Waals surface area contributed by atoms with Crippen molar-refractivity contribution in [3.05, 3.63) is 28.5 Å². The van der Waals surface area contributed by atoms with E-state index < -0.39 is 21.7 Å². The number of hydrogen-bond donors (Lipinski definition) is 1. The van der Waals surface area contributed by atoms with Crippen LogP contribution in [0.1, 0.15) is 12.6 Å². The van der Waals surface area contributed by atoms with Gasteiger partial charge < -0.3 is 5.11 Å². The summed E-state index contributed by atoms with van der Waals surface area (Å²) in [6.07, 6.45) is 1.51. The molecular formula is C10H12BrNO4S. The molecule has 1 unspecified atom stereocenters. The Kier molecular flexibility index (Phi) is 4.64. The Labute approximate surface area is 108 Å². The van der Waals surface area contributed by atoms with E-state index >= 15 is 0 Å². The molecule has 1 aromatic rings. The molecule has 0 aliphatic carbocycles. The van der Waals surface area contributed by atoms with Crippen molar-refractivity contribution in [2.45, 2.75) is 12.7 Å². The lowest BCUT2D eigenvalue weighted by molar-refractivity contribution is -0.140. The SMILES string of the molecule is CC(CS(=O)(=O)Cc1ccc(Br)cn1)C(=O)O. The quantitative estimate of drug-likeness (QED) is 0.887. The van der Waals surface area contributed by atoms with Crippen molar-refractivity contribution >= 4 is 31.7 Å². The monoisotopic (exact) mass is 321 g/mol. The van der Waals surface area contributed by atoms with Gasteiger partial charge in [-0.1, -0.05) is 6.92 Å². The van der Waals surface area contributed by atoms with E-state index in [4.69, 9.17) is 5.11 Å². The second-order valence-corrected chi connectivity index (χ2v) is 6.79. The van der Waals surface area contributed by atoms with Gasteiger partial charge in [0, 0.05) is 10.7 Å². The molecule has 1 atom stereocenters. The van der Waals surface area contributed by atoms with E-state index in [0.717, 1.165) is 4.47 Å². The van der Waals surface area contributed by atoms with Crippen LogP contribution >= 0.6 is 15.9 Å². The maximum Gasteiger partial charge on any atom is 0.307 e. The molecule has 0 saturated carbocycles. The number of pyridine rings is 1. The van der Waals surface area contributed by atoms with Crippen LogP contribution in [0.4, 0.5) is 0 Å². The highest BCUT2D eigenvalue weighted by Gasteiger charge is 2.21. The second kappa shape index (κ2) is 5.59. The third-order valence-corrected chi connectivity index (χ3v) is 4.29. The van der Waals surface area contributed by atoms with Crippen LogP contribution in [0.3, 0.4) is 0 Å². The van der Waals surface area contributed by atoms with Gasteiger partial charge in [-0.15, -0.1) is 0 Å². The van der Waals surface area contributed by atoms with Gasteiger partial charge in [0.1, 0.15) is 0 Å². The third kappa shape index (κ3) is 4.82. The Morgan fingerprint density at radius 3 is 2.65 bits per heavy atom. The van der Waals surface area contributed by atoms with Crippen LogP contribution in [0.15, 0.2) is 22.8 Å². The first-order valence-electron chi connectivity index (χ1n) is 4.84. The molecule has 0 bridgehead atoms. The van der Waals surface area contributed by atoms with E-state index in [-0.39, 0.29) is 11.5 Å². The molecule has 1 N–H and O–H groups in total. The lowest BCUT2D eigenvalue weighted by Gasteiger charge is -2.07. The van der Waals surface area contributed by atoms with Crippen LogP contribution in [0.2, 0.25) is 0 Å². The average molecular weight is 322 g/mol. The van der Waals surface area contributed by atoms with Crippen molar-refractivity contribution < 1.29 is 18.3 Å². The van der Waals surface area contributed by atoms with Crippen LogP contribution in [0.25, 0.3) is 0 Å². The van der Waals surface area contributed by atoms with E-state index in [9.17, 15) is 13.2 Å². The minimum absolute atomic E-state index is 0.238. The van der Waals surface area contributed by atoms with E-state index in [0.29, 0.717) is 5.69 Å². The maximum absolute atomic E-state index is 11.7. The normalized spacial score (nSPS) is 13.3. The third-order valence-electron chi connectivity index (χ3n) is 2.08. The molecule has 7 heteroatoms. The summed E-state index contributed by atoms with van der Waals surface area (Å²) in [5.74, 6) is -2.63. The highest BCUT2D eigenvalue weighted by Crippen LogP contribution is 2.12. The summed E-state index contributed by atoms with van der Waals surface area (Å²) in [6, 6.07) is 3.28. The molecule has 1 aromatic heterocycles. The maximum atomic E-state index is 11.7. The highest BCUT2D eigenvalue weighted by atomic mass is 79.9. The molecule has 94 valence electrons.